The molecule has 0 unspecified atom stereocenters. The monoisotopic (exact) mass is 169 g/mol. The highest BCUT2D eigenvalue weighted by atomic mass is 15.4. The first kappa shape index (κ1) is 8.99. The van der Waals surface area contributed by atoms with Gasteiger partial charge in [-0.1, -0.05) is 6.92 Å². The van der Waals surface area contributed by atoms with E-state index >= 15 is 0 Å². The van der Waals surface area contributed by atoms with E-state index in [2.05, 4.69) is 15.4 Å². The average molecular weight is 169 g/mol. The number of hydrogen-bond donors (Lipinski definition) is 2. The van der Waals surface area contributed by atoms with Gasteiger partial charge in [-0.2, -0.15) is 10.1 Å². The Balaban J connectivity index is 2.64. The molecule has 68 valence electrons. The molecule has 0 fully saturated rings. The Labute approximate surface area is 72.0 Å². The van der Waals surface area contributed by atoms with Gasteiger partial charge in [0.25, 0.3) is 0 Å². The SMILES string of the molecule is CCc1nc(NCCN)n(C)n1. The average Bonchev–Trinajstić information content (AvgIpc) is 2.43. The van der Waals surface area contributed by atoms with Crippen LogP contribution in [-0.2, 0) is 13.5 Å². The summed E-state index contributed by atoms with van der Waals surface area (Å²) in [4.78, 5) is 4.25. The number of nitrogens with one attached hydrogen (secondary N) is 1. The van der Waals surface area contributed by atoms with Crippen molar-refractivity contribution in [3.63, 3.8) is 0 Å². The van der Waals surface area contributed by atoms with Gasteiger partial charge in [0.1, 0.15) is 0 Å². The fourth-order valence-electron chi connectivity index (χ4n) is 0.925. The quantitative estimate of drug-likeness (QED) is 0.652. The van der Waals surface area contributed by atoms with Gasteiger partial charge in [0.15, 0.2) is 5.82 Å². The number of nitrogens with two attached hydrogens (primary N) is 1. The van der Waals surface area contributed by atoms with E-state index in [4.69, 9.17) is 5.73 Å². The van der Waals surface area contributed by atoms with Crippen molar-refractivity contribution in [2.24, 2.45) is 12.8 Å². The fourth-order valence-corrected chi connectivity index (χ4v) is 0.925. The van der Waals surface area contributed by atoms with Gasteiger partial charge in [0, 0.05) is 26.6 Å². The van der Waals surface area contributed by atoms with Crippen LogP contribution < -0.4 is 11.1 Å². The van der Waals surface area contributed by atoms with Crippen LogP contribution in [0.15, 0.2) is 0 Å². The number of hydrogen-bond acceptors (Lipinski definition) is 4. The molecule has 0 saturated carbocycles. The van der Waals surface area contributed by atoms with Gasteiger partial charge in [-0.15, -0.1) is 0 Å². The molecule has 0 amide bonds. The molecule has 5 heteroatoms. The second-order valence-corrected chi connectivity index (χ2v) is 2.54. The molecule has 12 heavy (non-hydrogen) atoms. The minimum absolute atomic E-state index is 0.605. The van der Waals surface area contributed by atoms with E-state index < -0.39 is 0 Å². The number of anilines is 1. The maximum absolute atomic E-state index is 5.35. The molecule has 0 radical (unpaired) electrons. The predicted molar refractivity (Wildman–Crippen MR) is 47.9 cm³/mol. The summed E-state index contributed by atoms with van der Waals surface area (Å²) in [6, 6.07) is 0. The molecular formula is C7H15N5. The predicted octanol–water partition coefficient (Wildman–Crippen LogP) is -0.252. The molecule has 0 saturated heterocycles. The third-order valence-electron chi connectivity index (χ3n) is 1.55. The Hall–Kier alpha value is -1.10. The van der Waals surface area contributed by atoms with Crippen molar-refractivity contribution < 1.29 is 0 Å². The molecule has 0 aliphatic rings. The summed E-state index contributed by atoms with van der Waals surface area (Å²) in [7, 11) is 1.87. The molecule has 1 aromatic heterocycles. The van der Waals surface area contributed by atoms with Gasteiger partial charge >= 0.3 is 0 Å². The van der Waals surface area contributed by atoms with Crippen LogP contribution in [0.4, 0.5) is 5.95 Å². The number of rotatable bonds is 4. The maximum atomic E-state index is 5.35. The maximum Gasteiger partial charge on any atom is 0.221 e. The summed E-state index contributed by atoms with van der Waals surface area (Å²) in [5.74, 6) is 1.65. The van der Waals surface area contributed by atoms with Crippen LogP contribution in [0.1, 0.15) is 12.7 Å². The Morgan fingerprint density at radius 2 is 2.33 bits per heavy atom. The highest BCUT2D eigenvalue weighted by molar-refractivity contribution is 5.24. The van der Waals surface area contributed by atoms with E-state index in [0.29, 0.717) is 6.54 Å². The molecule has 1 rings (SSSR count). The Bertz CT molecular complexity index is 242. The summed E-state index contributed by atoms with van der Waals surface area (Å²) in [5.41, 5.74) is 5.35. The van der Waals surface area contributed by atoms with Gasteiger partial charge < -0.3 is 11.1 Å². The lowest BCUT2D eigenvalue weighted by molar-refractivity contribution is 0.747. The van der Waals surface area contributed by atoms with Crippen molar-refractivity contribution in [2.45, 2.75) is 13.3 Å². The van der Waals surface area contributed by atoms with Crippen molar-refractivity contribution in [3.05, 3.63) is 5.82 Å². The Morgan fingerprint density at radius 3 is 2.83 bits per heavy atom. The molecule has 1 heterocycles. The highest BCUT2D eigenvalue weighted by Crippen LogP contribution is 2.01. The van der Waals surface area contributed by atoms with Crippen molar-refractivity contribution in [3.8, 4) is 0 Å². The van der Waals surface area contributed by atoms with Crippen LogP contribution in [0.5, 0.6) is 0 Å². The second kappa shape index (κ2) is 4.06. The van der Waals surface area contributed by atoms with Crippen LogP contribution in [-0.4, -0.2) is 27.9 Å². The van der Waals surface area contributed by atoms with Gasteiger partial charge in [-0.3, -0.25) is 0 Å². The van der Waals surface area contributed by atoms with Crippen LogP contribution in [0.25, 0.3) is 0 Å². The Kier molecular flexibility index (Phi) is 3.04. The molecule has 0 atom stereocenters. The minimum atomic E-state index is 0.605. The van der Waals surface area contributed by atoms with Gasteiger partial charge in [-0.05, 0) is 0 Å². The normalized spacial score (nSPS) is 10.2. The number of aromatic nitrogens is 3. The molecule has 5 nitrogen and oxygen atoms in total. The summed E-state index contributed by atoms with van der Waals surface area (Å²) in [6.07, 6.45) is 0.859. The largest absolute Gasteiger partial charge is 0.353 e. The highest BCUT2D eigenvalue weighted by Gasteiger charge is 2.02. The fraction of sp³-hybridized carbons (Fsp3) is 0.714. The number of aryl methyl sites for hydroxylation is 2. The second-order valence-electron chi connectivity index (χ2n) is 2.54. The molecule has 1 aromatic rings. The van der Waals surface area contributed by atoms with Gasteiger partial charge in [0.05, 0.1) is 0 Å². The lowest BCUT2D eigenvalue weighted by atomic mass is 10.5. The van der Waals surface area contributed by atoms with Crippen molar-refractivity contribution in [1.82, 2.24) is 14.8 Å². The van der Waals surface area contributed by atoms with Gasteiger partial charge in [0.2, 0.25) is 5.95 Å². The van der Waals surface area contributed by atoms with Crippen LogP contribution in [0.3, 0.4) is 0 Å². The zero-order valence-electron chi connectivity index (χ0n) is 7.54. The molecule has 3 N–H and O–H groups in total. The molecule has 0 aliphatic carbocycles. The van der Waals surface area contributed by atoms with E-state index in [9.17, 15) is 0 Å². The van der Waals surface area contributed by atoms with Crippen LogP contribution in [0.2, 0.25) is 0 Å². The molecule has 0 spiro atoms. The lowest BCUT2D eigenvalue weighted by Gasteiger charge is -2.00. The van der Waals surface area contributed by atoms with E-state index in [-0.39, 0.29) is 0 Å². The third kappa shape index (κ3) is 1.94. The first-order valence-electron chi connectivity index (χ1n) is 4.11. The summed E-state index contributed by atoms with van der Waals surface area (Å²) < 4.78 is 1.73. The van der Waals surface area contributed by atoms with Crippen molar-refractivity contribution in [2.75, 3.05) is 18.4 Å². The van der Waals surface area contributed by atoms with Gasteiger partial charge in [-0.25, -0.2) is 4.68 Å². The summed E-state index contributed by atoms with van der Waals surface area (Å²) in [6.45, 7) is 3.37. The topological polar surface area (TPSA) is 68.8 Å². The zero-order chi connectivity index (χ0) is 8.97. The summed E-state index contributed by atoms with van der Waals surface area (Å²) >= 11 is 0. The van der Waals surface area contributed by atoms with E-state index in [0.717, 1.165) is 24.7 Å². The zero-order valence-corrected chi connectivity index (χ0v) is 7.54. The third-order valence-corrected chi connectivity index (χ3v) is 1.55. The summed E-state index contributed by atoms with van der Waals surface area (Å²) in [5, 5.41) is 7.27. The first-order valence-corrected chi connectivity index (χ1v) is 4.11. The van der Waals surface area contributed by atoms with Crippen LogP contribution >= 0.6 is 0 Å². The Morgan fingerprint density at radius 1 is 1.58 bits per heavy atom. The smallest absolute Gasteiger partial charge is 0.221 e. The minimum Gasteiger partial charge on any atom is -0.353 e. The molecule has 0 bridgehead atoms. The lowest BCUT2D eigenvalue weighted by Crippen LogP contribution is -2.15. The number of nitrogens with zero attached hydrogens (tertiary/aromatic N) is 3. The van der Waals surface area contributed by atoms with E-state index in [1.807, 2.05) is 14.0 Å². The van der Waals surface area contributed by atoms with E-state index in [1.165, 1.54) is 0 Å². The van der Waals surface area contributed by atoms with E-state index in [1.54, 1.807) is 4.68 Å². The molecular weight excluding hydrogens is 154 g/mol. The first-order chi connectivity index (χ1) is 5.77. The molecule has 0 aromatic carbocycles. The molecule has 0 aliphatic heterocycles. The van der Waals surface area contributed by atoms with Crippen LogP contribution in [0, 0.1) is 0 Å². The van der Waals surface area contributed by atoms with Crippen molar-refractivity contribution in [1.29, 1.82) is 0 Å². The van der Waals surface area contributed by atoms with Crippen molar-refractivity contribution >= 4 is 5.95 Å². The standard InChI is InChI=1S/C7H15N5/c1-3-6-10-7(9-5-4-8)12(2)11-6/h3-5,8H2,1-2H3,(H,9,10,11).